The van der Waals surface area contributed by atoms with Crippen molar-refractivity contribution in [3.8, 4) is 17.1 Å². The molecule has 1 aromatic carbocycles. The molecule has 2 aliphatic rings. The van der Waals surface area contributed by atoms with Crippen molar-refractivity contribution >= 4 is 17.7 Å². The number of rotatable bonds is 9. The summed E-state index contributed by atoms with van der Waals surface area (Å²) in [6.45, 7) is 4.43. The Bertz CT molecular complexity index is 948. The van der Waals surface area contributed by atoms with Crippen LogP contribution in [-0.2, 0) is 11.3 Å². The lowest BCUT2D eigenvalue weighted by atomic mass is 10.0. The predicted octanol–water partition coefficient (Wildman–Crippen LogP) is 4.68. The normalized spacial score (nSPS) is 16.1. The van der Waals surface area contributed by atoms with Gasteiger partial charge in [-0.25, -0.2) is 0 Å². The summed E-state index contributed by atoms with van der Waals surface area (Å²) in [5.74, 6) is 1.99. The maximum Gasteiger partial charge on any atom is 0.237 e. The van der Waals surface area contributed by atoms with E-state index in [-0.39, 0.29) is 5.91 Å². The van der Waals surface area contributed by atoms with Gasteiger partial charge in [-0.2, -0.15) is 0 Å². The van der Waals surface area contributed by atoms with E-state index in [1.807, 2.05) is 34.9 Å². The zero-order valence-electron chi connectivity index (χ0n) is 17.4. The van der Waals surface area contributed by atoms with E-state index in [0.717, 1.165) is 48.0 Å². The van der Waals surface area contributed by atoms with Gasteiger partial charge in [0.05, 0.1) is 18.4 Å². The molecule has 0 atom stereocenters. The molecule has 6 nitrogen and oxygen atoms in total. The third kappa shape index (κ3) is 4.46. The minimum absolute atomic E-state index is 0.169. The summed E-state index contributed by atoms with van der Waals surface area (Å²) in [5.41, 5.74) is 2.09. The minimum atomic E-state index is 0.169. The zero-order chi connectivity index (χ0) is 20.9. The number of para-hydroxylation sites is 1. The van der Waals surface area contributed by atoms with Crippen LogP contribution in [0.3, 0.4) is 0 Å². The van der Waals surface area contributed by atoms with Gasteiger partial charge in [0.25, 0.3) is 0 Å². The van der Waals surface area contributed by atoms with Crippen LogP contribution in [0.5, 0.6) is 5.75 Å². The molecule has 7 heteroatoms. The lowest BCUT2D eigenvalue weighted by Crippen LogP contribution is -2.34. The number of methoxy groups -OCH3 is 1. The van der Waals surface area contributed by atoms with Gasteiger partial charge in [-0.15, -0.1) is 16.8 Å². The van der Waals surface area contributed by atoms with Gasteiger partial charge in [-0.1, -0.05) is 36.0 Å². The average Bonchev–Trinajstić information content (AvgIpc) is 3.53. The van der Waals surface area contributed by atoms with Crippen molar-refractivity contribution in [3.63, 3.8) is 0 Å². The molecule has 2 aliphatic carbocycles. The van der Waals surface area contributed by atoms with Crippen molar-refractivity contribution in [2.24, 2.45) is 0 Å². The predicted molar refractivity (Wildman–Crippen MR) is 119 cm³/mol. The second-order valence-electron chi connectivity index (χ2n) is 7.63. The maximum atomic E-state index is 13.1. The van der Waals surface area contributed by atoms with Crippen molar-refractivity contribution in [2.75, 3.05) is 12.9 Å². The van der Waals surface area contributed by atoms with Gasteiger partial charge in [-0.3, -0.25) is 9.36 Å². The van der Waals surface area contributed by atoms with Crippen LogP contribution in [0.25, 0.3) is 11.4 Å². The standard InChI is InChI=1S/C23H28N4O2S/c1-3-15-26-22(19-11-7-8-12-20(19)29-2)24-25-23(26)30-16-21(28)27(18-13-14-18)17-9-5-4-6-10-17/h3,7-9,11-12,18H,1,4-6,10,13-16H2,2H3. The van der Waals surface area contributed by atoms with Gasteiger partial charge in [0, 0.05) is 18.3 Å². The molecule has 4 rings (SSSR count). The van der Waals surface area contributed by atoms with Gasteiger partial charge in [0.1, 0.15) is 5.75 Å². The molecular weight excluding hydrogens is 396 g/mol. The molecule has 1 amide bonds. The molecule has 0 radical (unpaired) electrons. The summed E-state index contributed by atoms with van der Waals surface area (Å²) in [5, 5.41) is 9.50. The van der Waals surface area contributed by atoms with E-state index in [2.05, 4.69) is 27.8 Å². The summed E-state index contributed by atoms with van der Waals surface area (Å²) < 4.78 is 7.48. The zero-order valence-corrected chi connectivity index (χ0v) is 18.2. The first-order valence-corrected chi connectivity index (χ1v) is 11.5. The summed E-state index contributed by atoms with van der Waals surface area (Å²) in [6, 6.07) is 8.14. The van der Waals surface area contributed by atoms with Crippen molar-refractivity contribution in [3.05, 3.63) is 48.7 Å². The van der Waals surface area contributed by atoms with Crippen LogP contribution in [0.2, 0.25) is 0 Å². The van der Waals surface area contributed by atoms with E-state index in [0.29, 0.717) is 18.3 Å². The van der Waals surface area contributed by atoms with Crippen molar-refractivity contribution in [1.82, 2.24) is 19.7 Å². The van der Waals surface area contributed by atoms with Crippen LogP contribution >= 0.6 is 11.8 Å². The van der Waals surface area contributed by atoms with E-state index < -0.39 is 0 Å². The number of amides is 1. The van der Waals surface area contributed by atoms with Crippen molar-refractivity contribution in [1.29, 1.82) is 0 Å². The molecule has 0 N–H and O–H groups in total. The van der Waals surface area contributed by atoms with Crippen molar-refractivity contribution < 1.29 is 9.53 Å². The lowest BCUT2D eigenvalue weighted by molar-refractivity contribution is -0.127. The number of carbonyl (C=O) groups is 1. The second kappa shape index (κ2) is 9.51. The molecule has 2 aromatic rings. The number of hydrogen-bond donors (Lipinski definition) is 0. The van der Waals surface area contributed by atoms with E-state index in [4.69, 9.17) is 4.74 Å². The molecule has 1 fully saturated rings. The summed E-state index contributed by atoms with van der Waals surface area (Å²) in [4.78, 5) is 15.2. The fourth-order valence-electron chi connectivity index (χ4n) is 3.88. The smallest absolute Gasteiger partial charge is 0.237 e. The molecule has 1 aromatic heterocycles. The van der Waals surface area contributed by atoms with Crippen LogP contribution < -0.4 is 4.74 Å². The van der Waals surface area contributed by atoms with E-state index >= 15 is 0 Å². The summed E-state index contributed by atoms with van der Waals surface area (Å²) >= 11 is 1.44. The topological polar surface area (TPSA) is 60.2 Å². The van der Waals surface area contributed by atoms with Crippen LogP contribution in [0.15, 0.2) is 53.8 Å². The van der Waals surface area contributed by atoms with Gasteiger partial charge in [0.15, 0.2) is 11.0 Å². The van der Waals surface area contributed by atoms with E-state index in [1.165, 1.54) is 30.3 Å². The number of nitrogens with zero attached hydrogens (tertiary/aromatic N) is 4. The quantitative estimate of drug-likeness (QED) is 0.432. The number of thioether (sulfide) groups is 1. The Morgan fingerprint density at radius 1 is 1.33 bits per heavy atom. The Hall–Kier alpha value is -2.54. The first-order chi connectivity index (χ1) is 14.7. The van der Waals surface area contributed by atoms with Gasteiger partial charge < -0.3 is 9.64 Å². The maximum absolute atomic E-state index is 13.1. The number of aromatic nitrogens is 3. The first-order valence-electron chi connectivity index (χ1n) is 10.5. The SMILES string of the molecule is C=CCn1c(SCC(=O)N(C2=CCCCC2)C2CC2)nnc1-c1ccccc1OC. The molecule has 0 unspecified atom stereocenters. The second-order valence-corrected chi connectivity index (χ2v) is 8.57. The molecule has 0 bridgehead atoms. The highest BCUT2D eigenvalue weighted by Gasteiger charge is 2.35. The Labute approximate surface area is 182 Å². The van der Waals surface area contributed by atoms with E-state index in [1.54, 1.807) is 7.11 Å². The molecule has 30 heavy (non-hydrogen) atoms. The van der Waals surface area contributed by atoms with Gasteiger partial charge >= 0.3 is 0 Å². The number of ether oxygens (including phenoxy) is 1. The van der Waals surface area contributed by atoms with Gasteiger partial charge in [-0.05, 0) is 50.7 Å². The van der Waals surface area contributed by atoms with Crippen LogP contribution in [0.4, 0.5) is 0 Å². The van der Waals surface area contributed by atoms with Crippen molar-refractivity contribution in [2.45, 2.75) is 56.3 Å². The molecule has 0 aliphatic heterocycles. The Kier molecular flexibility index (Phi) is 6.57. The average molecular weight is 425 g/mol. The third-order valence-electron chi connectivity index (χ3n) is 5.46. The molecule has 0 spiro atoms. The monoisotopic (exact) mass is 424 g/mol. The third-order valence-corrected chi connectivity index (χ3v) is 6.41. The molecule has 1 heterocycles. The van der Waals surface area contributed by atoms with Crippen LogP contribution in [-0.4, -0.2) is 44.5 Å². The Morgan fingerprint density at radius 2 is 2.17 bits per heavy atom. The fourth-order valence-corrected chi connectivity index (χ4v) is 4.69. The number of carbonyl (C=O) groups excluding carboxylic acids is 1. The highest BCUT2D eigenvalue weighted by atomic mass is 32.2. The number of allylic oxidation sites excluding steroid dienone is 3. The Morgan fingerprint density at radius 3 is 2.87 bits per heavy atom. The highest BCUT2D eigenvalue weighted by molar-refractivity contribution is 7.99. The lowest BCUT2D eigenvalue weighted by Gasteiger charge is -2.27. The summed E-state index contributed by atoms with van der Waals surface area (Å²) in [6.07, 6.45) is 10.8. The molecule has 1 saturated carbocycles. The molecule has 0 saturated heterocycles. The number of hydrogen-bond acceptors (Lipinski definition) is 5. The van der Waals surface area contributed by atoms with E-state index in [9.17, 15) is 4.79 Å². The first kappa shape index (κ1) is 20.7. The highest BCUT2D eigenvalue weighted by Crippen LogP contribution is 2.35. The number of benzene rings is 1. The Balaban J connectivity index is 1.53. The molecule has 158 valence electrons. The van der Waals surface area contributed by atoms with Gasteiger partial charge in [0.2, 0.25) is 5.91 Å². The largest absolute Gasteiger partial charge is 0.496 e. The fraction of sp³-hybridized carbons (Fsp3) is 0.435. The minimum Gasteiger partial charge on any atom is -0.496 e. The van der Waals surface area contributed by atoms with Crippen LogP contribution in [0.1, 0.15) is 38.5 Å². The summed E-state index contributed by atoms with van der Waals surface area (Å²) in [7, 11) is 1.65. The van der Waals surface area contributed by atoms with Crippen LogP contribution in [0, 0.1) is 0 Å². The molecular formula is C23H28N4O2S.